The number of aromatic amines is 1. The predicted molar refractivity (Wildman–Crippen MR) is 58.7 cm³/mol. The first-order valence-corrected chi connectivity index (χ1v) is 4.87. The van der Waals surface area contributed by atoms with E-state index in [0.717, 1.165) is 23.5 Å². The van der Waals surface area contributed by atoms with Gasteiger partial charge in [0.25, 0.3) is 0 Å². The Labute approximate surface area is 88.6 Å². The molecule has 0 spiro atoms. The van der Waals surface area contributed by atoms with Gasteiger partial charge in [0.2, 0.25) is 0 Å². The normalized spacial score (nSPS) is 11.4. The van der Waals surface area contributed by atoms with Crippen LogP contribution in [0.2, 0.25) is 0 Å². The SMILES string of the molecule is CN(C[CH]O)Cc1nc2ccccc2[nH]1. The number of imidazole rings is 1. The zero-order valence-electron chi connectivity index (χ0n) is 8.64. The van der Waals surface area contributed by atoms with Crippen molar-refractivity contribution in [3.63, 3.8) is 0 Å². The number of hydrogen-bond acceptors (Lipinski definition) is 3. The molecule has 2 N–H and O–H groups in total. The molecule has 4 heteroatoms. The Bertz CT molecular complexity index is 405. The smallest absolute Gasteiger partial charge is 0.121 e. The van der Waals surface area contributed by atoms with E-state index >= 15 is 0 Å². The first-order chi connectivity index (χ1) is 7.29. The second-order valence-corrected chi connectivity index (χ2v) is 3.58. The molecule has 0 saturated carbocycles. The molecule has 0 aliphatic rings. The number of likely N-dealkylation sites (N-methyl/N-ethyl adjacent to an activating group) is 1. The minimum atomic E-state index is 0.539. The van der Waals surface area contributed by atoms with E-state index in [-0.39, 0.29) is 0 Å². The molecule has 15 heavy (non-hydrogen) atoms. The van der Waals surface area contributed by atoms with Crippen LogP contribution in [-0.4, -0.2) is 33.6 Å². The topological polar surface area (TPSA) is 52.1 Å². The number of aliphatic hydroxyl groups excluding tert-OH is 1. The van der Waals surface area contributed by atoms with E-state index in [9.17, 15) is 0 Å². The quantitative estimate of drug-likeness (QED) is 0.794. The van der Waals surface area contributed by atoms with E-state index in [0.29, 0.717) is 13.1 Å². The van der Waals surface area contributed by atoms with Gasteiger partial charge in [0.15, 0.2) is 0 Å². The average Bonchev–Trinajstić information content (AvgIpc) is 2.59. The molecule has 2 rings (SSSR count). The van der Waals surface area contributed by atoms with Gasteiger partial charge in [-0.15, -0.1) is 0 Å². The highest BCUT2D eigenvalue weighted by Gasteiger charge is 2.04. The second-order valence-electron chi connectivity index (χ2n) is 3.58. The Morgan fingerprint density at radius 1 is 1.47 bits per heavy atom. The standard InChI is InChI=1S/C11H14N3O/c1-14(6-7-15)8-11-12-9-4-2-3-5-10(9)13-11/h2-5,7,15H,6,8H2,1H3,(H,12,13). The first-order valence-electron chi connectivity index (χ1n) is 4.87. The van der Waals surface area contributed by atoms with E-state index in [1.165, 1.54) is 0 Å². The van der Waals surface area contributed by atoms with Crippen molar-refractivity contribution in [3.05, 3.63) is 36.7 Å². The Kier molecular flexibility index (Phi) is 2.99. The summed E-state index contributed by atoms with van der Waals surface area (Å²) in [5, 5.41) is 8.66. The van der Waals surface area contributed by atoms with Gasteiger partial charge in [-0.1, -0.05) is 12.1 Å². The second kappa shape index (κ2) is 4.42. The minimum Gasteiger partial charge on any atom is -0.389 e. The third kappa shape index (κ3) is 2.34. The summed E-state index contributed by atoms with van der Waals surface area (Å²) >= 11 is 0. The lowest BCUT2D eigenvalue weighted by atomic mass is 10.3. The molecule has 1 radical (unpaired) electrons. The van der Waals surface area contributed by atoms with Crippen molar-refractivity contribution in [2.45, 2.75) is 6.54 Å². The third-order valence-corrected chi connectivity index (χ3v) is 2.25. The predicted octanol–water partition coefficient (Wildman–Crippen LogP) is 1.53. The van der Waals surface area contributed by atoms with Crippen LogP contribution in [0, 0.1) is 6.61 Å². The Morgan fingerprint density at radius 3 is 3.00 bits per heavy atom. The molecule has 0 atom stereocenters. The fourth-order valence-electron chi connectivity index (χ4n) is 1.54. The lowest BCUT2D eigenvalue weighted by molar-refractivity contribution is 0.271. The van der Waals surface area contributed by atoms with E-state index in [2.05, 4.69) is 9.97 Å². The van der Waals surface area contributed by atoms with Crippen LogP contribution in [0.4, 0.5) is 0 Å². The minimum absolute atomic E-state index is 0.539. The fourth-order valence-corrected chi connectivity index (χ4v) is 1.54. The summed E-state index contributed by atoms with van der Waals surface area (Å²) in [4.78, 5) is 9.65. The highest BCUT2D eigenvalue weighted by molar-refractivity contribution is 5.74. The number of hydrogen-bond donors (Lipinski definition) is 2. The first kappa shape index (κ1) is 10.1. The molecule has 2 aromatic rings. The number of rotatable bonds is 4. The summed E-state index contributed by atoms with van der Waals surface area (Å²) in [6.45, 7) is 2.38. The number of aromatic nitrogens is 2. The van der Waals surface area contributed by atoms with Crippen LogP contribution in [-0.2, 0) is 6.54 Å². The molecule has 0 amide bonds. The summed E-state index contributed by atoms with van der Waals surface area (Å²) in [5.74, 6) is 0.917. The van der Waals surface area contributed by atoms with Crippen molar-refractivity contribution >= 4 is 11.0 Å². The lowest BCUT2D eigenvalue weighted by Crippen LogP contribution is -2.19. The van der Waals surface area contributed by atoms with Crippen LogP contribution in [0.1, 0.15) is 5.82 Å². The molecule has 0 bridgehead atoms. The zero-order valence-corrected chi connectivity index (χ0v) is 8.64. The van der Waals surface area contributed by atoms with Crippen molar-refractivity contribution in [1.82, 2.24) is 14.9 Å². The highest BCUT2D eigenvalue weighted by atomic mass is 16.3. The number of para-hydroxylation sites is 2. The van der Waals surface area contributed by atoms with Gasteiger partial charge in [0.1, 0.15) is 5.82 Å². The molecule has 0 saturated heterocycles. The van der Waals surface area contributed by atoms with Gasteiger partial charge >= 0.3 is 0 Å². The van der Waals surface area contributed by atoms with Gasteiger partial charge in [0, 0.05) is 6.54 Å². The van der Waals surface area contributed by atoms with Crippen LogP contribution in [0.25, 0.3) is 11.0 Å². The number of nitrogens with one attached hydrogen (secondary N) is 1. The molecule has 0 aliphatic heterocycles. The number of nitrogens with zero attached hydrogens (tertiary/aromatic N) is 2. The number of H-pyrrole nitrogens is 1. The van der Waals surface area contributed by atoms with Gasteiger partial charge in [-0.3, -0.25) is 4.90 Å². The molecule has 0 fully saturated rings. The average molecular weight is 204 g/mol. The third-order valence-electron chi connectivity index (χ3n) is 2.25. The fraction of sp³-hybridized carbons (Fsp3) is 0.273. The van der Waals surface area contributed by atoms with Gasteiger partial charge in [-0.05, 0) is 19.2 Å². The largest absolute Gasteiger partial charge is 0.389 e. The lowest BCUT2D eigenvalue weighted by Gasteiger charge is -2.11. The molecule has 1 aromatic heterocycles. The number of fused-ring (bicyclic) bond motifs is 1. The molecular weight excluding hydrogens is 190 g/mol. The summed E-state index contributed by atoms with van der Waals surface area (Å²) in [6, 6.07) is 7.94. The number of aliphatic hydroxyl groups is 1. The van der Waals surface area contributed by atoms with Crippen molar-refractivity contribution in [2.24, 2.45) is 0 Å². The van der Waals surface area contributed by atoms with Crippen LogP contribution in [0.15, 0.2) is 24.3 Å². The Hall–Kier alpha value is -1.39. The van der Waals surface area contributed by atoms with E-state index < -0.39 is 0 Å². The van der Waals surface area contributed by atoms with Gasteiger partial charge < -0.3 is 10.1 Å². The van der Waals surface area contributed by atoms with E-state index in [1.807, 2.05) is 36.2 Å². The van der Waals surface area contributed by atoms with Crippen LogP contribution < -0.4 is 0 Å². The van der Waals surface area contributed by atoms with Crippen molar-refractivity contribution in [2.75, 3.05) is 13.6 Å². The summed E-state index contributed by atoms with van der Waals surface area (Å²) in [6.07, 6.45) is 0. The van der Waals surface area contributed by atoms with Crippen LogP contribution >= 0.6 is 0 Å². The Balaban J connectivity index is 2.15. The maximum atomic E-state index is 8.66. The Morgan fingerprint density at radius 2 is 2.27 bits per heavy atom. The van der Waals surface area contributed by atoms with Gasteiger partial charge in [-0.2, -0.15) is 0 Å². The maximum absolute atomic E-state index is 8.66. The summed E-state index contributed by atoms with van der Waals surface area (Å²) in [7, 11) is 1.93. The van der Waals surface area contributed by atoms with Gasteiger partial charge in [0.05, 0.1) is 24.2 Å². The highest BCUT2D eigenvalue weighted by Crippen LogP contribution is 2.11. The van der Waals surface area contributed by atoms with Crippen molar-refractivity contribution in [3.8, 4) is 0 Å². The van der Waals surface area contributed by atoms with Crippen molar-refractivity contribution in [1.29, 1.82) is 0 Å². The summed E-state index contributed by atoms with van der Waals surface area (Å²) < 4.78 is 0. The zero-order chi connectivity index (χ0) is 10.7. The maximum Gasteiger partial charge on any atom is 0.121 e. The number of benzene rings is 1. The molecule has 1 aromatic carbocycles. The molecule has 0 aliphatic carbocycles. The molecule has 1 heterocycles. The monoisotopic (exact) mass is 204 g/mol. The molecule has 4 nitrogen and oxygen atoms in total. The van der Waals surface area contributed by atoms with E-state index in [1.54, 1.807) is 0 Å². The van der Waals surface area contributed by atoms with Gasteiger partial charge in [-0.25, -0.2) is 4.98 Å². The van der Waals surface area contributed by atoms with Crippen molar-refractivity contribution < 1.29 is 5.11 Å². The molecular formula is C11H14N3O. The van der Waals surface area contributed by atoms with E-state index in [4.69, 9.17) is 5.11 Å². The summed E-state index contributed by atoms with van der Waals surface area (Å²) in [5.41, 5.74) is 2.03. The van der Waals surface area contributed by atoms with Crippen LogP contribution in [0.3, 0.4) is 0 Å². The molecule has 0 unspecified atom stereocenters. The molecule has 79 valence electrons. The van der Waals surface area contributed by atoms with Crippen LogP contribution in [0.5, 0.6) is 0 Å².